The average molecular weight is 471 g/mol. The van der Waals surface area contributed by atoms with Crippen LogP contribution in [-0.4, -0.2) is 47.2 Å². The van der Waals surface area contributed by atoms with Crippen LogP contribution < -0.4 is 5.32 Å². The number of aliphatic carboxylic acids is 1. The van der Waals surface area contributed by atoms with Gasteiger partial charge in [0.15, 0.2) is 0 Å². The molecule has 7 heteroatoms. The Balaban J connectivity index is 1.24. The van der Waals surface area contributed by atoms with Gasteiger partial charge in [-0.2, -0.15) is 0 Å². The molecule has 0 saturated carbocycles. The van der Waals surface area contributed by atoms with Crippen LogP contribution in [0.4, 0.5) is 10.5 Å². The maximum Gasteiger partial charge on any atom is 0.411 e. The largest absolute Gasteiger partial charge is 0.481 e. The van der Waals surface area contributed by atoms with Gasteiger partial charge in [0.2, 0.25) is 0 Å². The number of nitrogens with one attached hydrogen (secondary N) is 1. The Labute approximate surface area is 203 Å². The summed E-state index contributed by atoms with van der Waals surface area (Å²) in [5.74, 6) is -1.75. The van der Waals surface area contributed by atoms with Crippen LogP contribution in [0.1, 0.15) is 40.7 Å². The maximum absolute atomic E-state index is 13.0. The zero-order valence-electron chi connectivity index (χ0n) is 19.3. The number of hydrogen-bond acceptors (Lipinski definition) is 4. The van der Waals surface area contributed by atoms with E-state index in [0.717, 1.165) is 22.3 Å². The van der Waals surface area contributed by atoms with Crippen LogP contribution >= 0.6 is 0 Å². The third kappa shape index (κ3) is 4.25. The van der Waals surface area contributed by atoms with Gasteiger partial charge in [0.25, 0.3) is 5.91 Å². The molecule has 35 heavy (non-hydrogen) atoms. The minimum absolute atomic E-state index is 0.0418. The van der Waals surface area contributed by atoms with E-state index < -0.39 is 24.0 Å². The molecule has 1 fully saturated rings. The lowest BCUT2D eigenvalue weighted by Gasteiger charge is -2.23. The quantitative estimate of drug-likeness (QED) is 0.548. The molecule has 3 aromatic carbocycles. The molecule has 2 atom stereocenters. The van der Waals surface area contributed by atoms with E-state index in [9.17, 15) is 19.5 Å². The highest BCUT2D eigenvalue weighted by Crippen LogP contribution is 2.44. The molecule has 5 rings (SSSR count). The number of benzene rings is 3. The number of carbonyl (C=O) groups is 3. The lowest BCUT2D eigenvalue weighted by Crippen LogP contribution is -2.37. The zero-order chi connectivity index (χ0) is 24.5. The summed E-state index contributed by atoms with van der Waals surface area (Å²) in [5, 5.41) is 12.0. The fraction of sp³-hybridized carbons (Fsp3) is 0.250. The molecule has 178 valence electrons. The first-order valence-electron chi connectivity index (χ1n) is 11.7. The minimum Gasteiger partial charge on any atom is -0.481 e. The molecule has 0 spiro atoms. The Kier molecular flexibility index (Phi) is 5.99. The van der Waals surface area contributed by atoms with Gasteiger partial charge in [-0.1, -0.05) is 54.6 Å². The summed E-state index contributed by atoms with van der Waals surface area (Å²) >= 11 is 0. The fourth-order valence-corrected chi connectivity index (χ4v) is 5.20. The van der Waals surface area contributed by atoms with E-state index in [1.54, 1.807) is 36.1 Å². The van der Waals surface area contributed by atoms with Crippen LogP contribution in [0.5, 0.6) is 0 Å². The molecular weight excluding hydrogens is 444 g/mol. The van der Waals surface area contributed by atoms with E-state index >= 15 is 0 Å². The topological polar surface area (TPSA) is 95.9 Å². The standard InChI is InChI=1S/C28H26N2O5/c1-17-20(27(32)33)13-14-30(17)26(31)18-7-6-8-19(15-18)29-28(34)35-16-25-23-11-4-2-9-21(23)22-10-3-5-12-24(22)25/h2-12,15,17,20,25H,13-14,16H2,1H3,(H,29,34)(H,32,33). The summed E-state index contributed by atoms with van der Waals surface area (Å²) in [5.41, 5.74) is 5.41. The van der Waals surface area contributed by atoms with Gasteiger partial charge >= 0.3 is 12.1 Å². The van der Waals surface area contributed by atoms with Crippen LogP contribution in [0.3, 0.4) is 0 Å². The number of carboxylic acid groups (broad SMARTS) is 1. The summed E-state index contributed by atoms with van der Waals surface area (Å²) in [7, 11) is 0. The first-order valence-corrected chi connectivity index (χ1v) is 11.7. The van der Waals surface area contributed by atoms with Gasteiger partial charge in [0, 0.05) is 29.8 Å². The van der Waals surface area contributed by atoms with Crippen molar-refractivity contribution in [1.82, 2.24) is 4.90 Å². The molecule has 1 aliphatic heterocycles. The number of fused-ring (bicyclic) bond motifs is 3. The Bertz CT molecular complexity index is 1260. The van der Waals surface area contributed by atoms with Gasteiger partial charge in [-0.15, -0.1) is 0 Å². The second kappa shape index (κ2) is 9.25. The fourth-order valence-electron chi connectivity index (χ4n) is 5.20. The number of rotatable bonds is 5. The maximum atomic E-state index is 13.0. The third-order valence-electron chi connectivity index (χ3n) is 7.03. The molecule has 0 aromatic heterocycles. The second-order valence-corrected chi connectivity index (χ2v) is 9.00. The summed E-state index contributed by atoms with van der Waals surface area (Å²) < 4.78 is 5.59. The predicted octanol–water partition coefficient (Wildman–Crippen LogP) is 4.98. The molecule has 2 N–H and O–H groups in total. The molecule has 1 heterocycles. The molecule has 3 aromatic rings. The summed E-state index contributed by atoms with van der Waals surface area (Å²) in [4.78, 5) is 38.6. The smallest absolute Gasteiger partial charge is 0.411 e. The molecule has 2 aliphatic rings. The normalized spacial score (nSPS) is 18.6. The molecule has 2 unspecified atom stereocenters. The molecule has 1 saturated heterocycles. The number of nitrogens with zero attached hydrogens (tertiary/aromatic N) is 1. The summed E-state index contributed by atoms with van der Waals surface area (Å²) in [6, 6.07) is 22.5. The Morgan fingerprint density at radius 1 is 0.971 bits per heavy atom. The van der Waals surface area contributed by atoms with E-state index in [-0.39, 0.29) is 18.4 Å². The van der Waals surface area contributed by atoms with Gasteiger partial charge < -0.3 is 14.7 Å². The van der Waals surface area contributed by atoms with Crippen molar-refractivity contribution >= 4 is 23.7 Å². The van der Waals surface area contributed by atoms with Crippen molar-refractivity contribution in [2.45, 2.75) is 25.3 Å². The highest BCUT2D eigenvalue weighted by Gasteiger charge is 2.38. The van der Waals surface area contributed by atoms with Crippen molar-refractivity contribution in [1.29, 1.82) is 0 Å². The Morgan fingerprint density at radius 2 is 1.63 bits per heavy atom. The first-order chi connectivity index (χ1) is 16.9. The average Bonchev–Trinajstić information content (AvgIpc) is 3.40. The summed E-state index contributed by atoms with van der Waals surface area (Å²) in [6.07, 6.45) is -0.170. The van der Waals surface area contributed by atoms with Crippen molar-refractivity contribution in [2.75, 3.05) is 18.5 Å². The van der Waals surface area contributed by atoms with E-state index in [1.807, 2.05) is 24.3 Å². The van der Waals surface area contributed by atoms with Crippen molar-refractivity contribution in [3.63, 3.8) is 0 Å². The third-order valence-corrected chi connectivity index (χ3v) is 7.03. The number of carboxylic acids is 1. The first kappa shape index (κ1) is 22.7. The van der Waals surface area contributed by atoms with Gasteiger partial charge in [-0.05, 0) is 53.8 Å². The minimum atomic E-state index is -0.890. The molecule has 7 nitrogen and oxygen atoms in total. The highest BCUT2D eigenvalue weighted by molar-refractivity contribution is 5.97. The number of carbonyl (C=O) groups excluding carboxylic acids is 2. The van der Waals surface area contributed by atoms with Crippen LogP contribution in [0, 0.1) is 5.92 Å². The number of amides is 2. The van der Waals surface area contributed by atoms with Crippen molar-refractivity contribution in [3.05, 3.63) is 89.5 Å². The number of anilines is 1. The lowest BCUT2D eigenvalue weighted by molar-refractivity contribution is -0.142. The second-order valence-electron chi connectivity index (χ2n) is 9.00. The van der Waals surface area contributed by atoms with Gasteiger partial charge in [-0.3, -0.25) is 14.9 Å². The number of likely N-dealkylation sites (tertiary alicyclic amines) is 1. The lowest BCUT2D eigenvalue weighted by atomic mass is 9.98. The Morgan fingerprint density at radius 3 is 2.26 bits per heavy atom. The molecule has 1 aliphatic carbocycles. The zero-order valence-corrected chi connectivity index (χ0v) is 19.3. The molecule has 2 amide bonds. The summed E-state index contributed by atoms with van der Waals surface area (Å²) in [6.45, 7) is 2.34. The number of ether oxygens (including phenoxy) is 1. The van der Waals surface area contributed by atoms with E-state index in [0.29, 0.717) is 24.2 Å². The highest BCUT2D eigenvalue weighted by atomic mass is 16.5. The van der Waals surface area contributed by atoms with Gasteiger partial charge in [0.05, 0.1) is 5.92 Å². The monoisotopic (exact) mass is 470 g/mol. The Hall–Kier alpha value is -4.13. The molecule has 0 radical (unpaired) electrons. The van der Waals surface area contributed by atoms with Crippen LogP contribution in [0.25, 0.3) is 11.1 Å². The van der Waals surface area contributed by atoms with Crippen molar-refractivity contribution in [3.8, 4) is 11.1 Å². The molecule has 0 bridgehead atoms. The van der Waals surface area contributed by atoms with E-state index in [2.05, 4.69) is 29.6 Å². The van der Waals surface area contributed by atoms with Crippen molar-refractivity contribution in [2.24, 2.45) is 5.92 Å². The van der Waals surface area contributed by atoms with Gasteiger partial charge in [-0.25, -0.2) is 4.79 Å². The SMILES string of the molecule is CC1C(C(=O)O)CCN1C(=O)c1cccc(NC(=O)OCC2c3ccccc3-c3ccccc32)c1. The predicted molar refractivity (Wildman–Crippen MR) is 131 cm³/mol. The number of hydrogen-bond donors (Lipinski definition) is 2. The van der Waals surface area contributed by atoms with Crippen LogP contribution in [0.2, 0.25) is 0 Å². The van der Waals surface area contributed by atoms with E-state index in [4.69, 9.17) is 4.74 Å². The molecular formula is C28H26N2O5. The van der Waals surface area contributed by atoms with Crippen LogP contribution in [-0.2, 0) is 9.53 Å². The van der Waals surface area contributed by atoms with Crippen LogP contribution in [0.15, 0.2) is 72.8 Å². The van der Waals surface area contributed by atoms with E-state index in [1.165, 1.54) is 0 Å². The van der Waals surface area contributed by atoms with Crippen molar-refractivity contribution < 1.29 is 24.2 Å². The van der Waals surface area contributed by atoms with Gasteiger partial charge in [0.1, 0.15) is 6.61 Å².